The quantitative estimate of drug-likeness (QED) is 0.200. The Morgan fingerprint density at radius 3 is 2.58 bits per heavy atom. The van der Waals surface area contributed by atoms with Gasteiger partial charge in [0, 0.05) is 21.2 Å². The van der Waals surface area contributed by atoms with Crippen molar-refractivity contribution in [1.29, 1.82) is 0 Å². The summed E-state index contributed by atoms with van der Waals surface area (Å²) in [4.78, 5) is 19.8. The van der Waals surface area contributed by atoms with E-state index in [0.29, 0.717) is 30.9 Å². The summed E-state index contributed by atoms with van der Waals surface area (Å²) in [6.45, 7) is 0.261. The minimum Gasteiger partial charge on any atom is -0.493 e. The molecule has 0 bridgehead atoms. The Labute approximate surface area is 262 Å². The van der Waals surface area contributed by atoms with Gasteiger partial charge in [-0.15, -0.1) is 0 Å². The normalized spacial score (nSPS) is 15.8. The van der Waals surface area contributed by atoms with E-state index in [4.69, 9.17) is 37.7 Å². The highest BCUT2D eigenvalue weighted by Crippen LogP contribution is 2.41. The lowest BCUT2D eigenvalue weighted by Gasteiger charge is -2.30. The highest BCUT2D eigenvalue weighted by atomic mass is 35.5. The van der Waals surface area contributed by atoms with Gasteiger partial charge in [-0.05, 0) is 65.4 Å². The number of halogens is 2. The molecule has 43 heavy (non-hydrogen) atoms. The van der Waals surface area contributed by atoms with Crippen LogP contribution in [0.4, 0.5) is 0 Å². The molecule has 0 saturated heterocycles. The molecule has 0 spiro atoms. The van der Waals surface area contributed by atoms with Crippen molar-refractivity contribution in [2.45, 2.75) is 25.5 Å². The van der Waals surface area contributed by atoms with Crippen molar-refractivity contribution in [3.63, 3.8) is 0 Å². The van der Waals surface area contributed by atoms with Gasteiger partial charge in [0.05, 0.1) is 23.4 Å². The lowest BCUT2D eigenvalue weighted by molar-refractivity contribution is 0.284. The maximum atomic E-state index is 14.0. The summed E-state index contributed by atoms with van der Waals surface area (Å²) in [7, 11) is 1.59. The molecular weight excluding hydrogens is 599 g/mol. The van der Waals surface area contributed by atoms with Crippen molar-refractivity contribution in [1.82, 2.24) is 4.57 Å². The summed E-state index contributed by atoms with van der Waals surface area (Å²) in [6, 6.07) is 29.4. The number of methoxy groups -OCH3 is 1. The van der Waals surface area contributed by atoms with E-state index < -0.39 is 0 Å². The minimum absolute atomic E-state index is 0.0558. The largest absolute Gasteiger partial charge is 0.493 e. The van der Waals surface area contributed by atoms with Gasteiger partial charge in [0.15, 0.2) is 16.3 Å². The van der Waals surface area contributed by atoms with E-state index >= 15 is 0 Å². The summed E-state index contributed by atoms with van der Waals surface area (Å²) in [6.07, 6.45) is 3.68. The third-order valence-corrected chi connectivity index (χ3v) is 9.44. The van der Waals surface area contributed by atoms with Gasteiger partial charge in [0.2, 0.25) is 0 Å². The first-order chi connectivity index (χ1) is 21.0. The van der Waals surface area contributed by atoms with Gasteiger partial charge in [0.25, 0.3) is 5.56 Å². The molecule has 1 aliphatic carbocycles. The predicted molar refractivity (Wildman–Crippen MR) is 173 cm³/mol. The van der Waals surface area contributed by atoms with E-state index in [1.807, 2.05) is 53.1 Å². The number of aryl methyl sites for hydroxylation is 1. The molecule has 8 heteroatoms. The highest BCUT2D eigenvalue weighted by molar-refractivity contribution is 7.07. The molecule has 4 aromatic carbocycles. The fourth-order valence-corrected chi connectivity index (χ4v) is 7.26. The van der Waals surface area contributed by atoms with Crippen LogP contribution in [0.25, 0.3) is 11.8 Å². The molecule has 0 amide bonds. The number of ether oxygens (including phenoxy) is 2. The zero-order chi connectivity index (χ0) is 29.5. The first-order valence-corrected chi connectivity index (χ1v) is 15.5. The lowest BCUT2D eigenvalue weighted by Crippen LogP contribution is -2.38. The number of fused-ring (bicyclic) bond motifs is 3. The van der Waals surface area contributed by atoms with Crippen molar-refractivity contribution < 1.29 is 9.47 Å². The Morgan fingerprint density at radius 2 is 1.77 bits per heavy atom. The third-order valence-electron chi connectivity index (χ3n) is 7.87. The molecule has 0 N–H and O–H groups in total. The Hall–Kier alpha value is -4.10. The summed E-state index contributed by atoms with van der Waals surface area (Å²) < 4.78 is 14.1. The number of hydrogen-bond donors (Lipinski definition) is 0. The molecule has 1 aromatic heterocycles. The van der Waals surface area contributed by atoms with Crippen LogP contribution in [-0.2, 0) is 13.0 Å². The third kappa shape index (κ3) is 5.20. The number of hydrogen-bond acceptors (Lipinski definition) is 5. The van der Waals surface area contributed by atoms with Crippen LogP contribution < -0.4 is 24.4 Å². The molecule has 0 fully saturated rings. The van der Waals surface area contributed by atoms with Gasteiger partial charge in [-0.2, -0.15) is 0 Å². The van der Waals surface area contributed by atoms with E-state index in [1.165, 1.54) is 22.5 Å². The average Bonchev–Trinajstić information content (AvgIpc) is 3.34. The molecule has 2 heterocycles. The maximum Gasteiger partial charge on any atom is 0.271 e. The van der Waals surface area contributed by atoms with Crippen LogP contribution >= 0.6 is 34.5 Å². The SMILES string of the molecule is COc1cc(/C=c2\sc3n(c2=O)[C@@H](c2ccccc2)C2=C(N=3)c3ccccc3CC2)ccc1OCc1ccc(Cl)cc1Cl. The van der Waals surface area contributed by atoms with E-state index in [0.717, 1.165) is 40.8 Å². The van der Waals surface area contributed by atoms with Crippen molar-refractivity contribution >= 4 is 46.3 Å². The Kier molecular flexibility index (Phi) is 7.43. The van der Waals surface area contributed by atoms with Crippen molar-refractivity contribution in [2.24, 2.45) is 4.99 Å². The van der Waals surface area contributed by atoms with Crippen molar-refractivity contribution in [3.05, 3.63) is 154 Å². The molecule has 7 rings (SSSR count). The first-order valence-electron chi connectivity index (χ1n) is 13.9. The lowest BCUT2D eigenvalue weighted by atomic mass is 9.83. The molecule has 2 aliphatic rings. The molecular formula is C35H26Cl2N2O3S. The zero-order valence-electron chi connectivity index (χ0n) is 23.2. The van der Waals surface area contributed by atoms with E-state index in [2.05, 4.69) is 36.4 Å². The van der Waals surface area contributed by atoms with E-state index in [-0.39, 0.29) is 18.2 Å². The molecule has 1 atom stereocenters. The number of allylic oxidation sites excluding steroid dienone is 1. The molecule has 0 saturated carbocycles. The average molecular weight is 626 g/mol. The molecule has 0 radical (unpaired) electrons. The second kappa shape index (κ2) is 11.5. The topological polar surface area (TPSA) is 52.8 Å². The van der Waals surface area contributed by atoms with E-state index in [9.17, 15) is 4.79 Å². The molecule has 5 aromatic rings. The van der Waals surface area contributed by atoms with Crippen LogP contribution in [0.5, 0.6) is 11.5 Å². The van der Waals surface area contributed by atoms with Gasteiger partial charge >= 0.3 is 0 Å². The van der Waals surface area contributed by atoms with Crippen LogP contribution in [0.15, 0.2) is 106 Å². The fraction of sp³-hybridized carbons (Fsp3) is 0.143. The Morgan fingerprint density at radius 1 is 0.953 bits per heavy atom. The van der Waals surface area contributed by atoms with Crippen LogP contribution in [0.1, 0.15) is 40.3 Å². The van der Waals surface area contributed by atoms with Gasteiger partial charge in [0.1, 0.15) is 6.61 Å². The molecule has 214 valence electrons. The monoisotopic (exact) mass is 624 g/mol. The second-order valence-corrected chi connectivity index (χ2v) is 12.3. The molecule has 1 aliphatic heterocycles. The van der Waals surface area contributed by atoms with Crippen LogP contribution in [0.3, 0.4) is 0 Å². The number of thiazole rings is 1. The summed E-state index contributed by atoms with van der Waals surface area (Å²) in [5.74, 6) is 1.13. The maximum absolute atomic E-state index is 14.0. The van der Waals surface area contributed by atoms with Gasteiger partial charge in [-0.1, -0.05) is 101 Å². The highest BCUT2D eigenvalue weighted by Gasteiger charge is 2.32. The number of aromatic nitrogens is 1. The van der Waals surface area contributed by atoms with Gasteiger partial charge in [-0.25, -0.2) is 4.99 Å². The smallest absolute Gasteiger partial charge is 0.271 e. The summed E-state index contributed by atoms with van der Waals surface area (Å²) >= 11 is 13.7. The minimum atomic E-state index is -0.201. The number of benzene rings is 4. The summed E-state index contributed by atoms with van der Waals surface area (Å²) in [5.41, 5.74) is 7.30. The van der Waals surface area contributed by atoms with Crippen LogP contribution in [-0.4, -0.2) is 11.7 Å². The fourth-order valence-electron chi connectivity index (χ4n) is 5.80. The molecule has 5 nitrogen and oxygen atoms in total. The van der Waals surface area contributed by atoms with E-state index in [1.54, 1.807) is 19.2 Å². The predicted octanol–water partition coefficient (Wildman–Crippen LogP) is 7.21. The van der Waals surface area contributed by atoms with Gasteiger partial charge < -0.3 is 9.47 Å². The van der Waals surface area contributed by atoms with Crippen LogP contribution in [0.2, 0.25) is 10.0 Å². The van der Waals surface area contributed by atoms with Crippen molar-refractivity contribution in [3.8, 4) is 11.5 Å². The van der Waals surface area contributed by atoms with Crippen LogP contribution in [0, 0.1) is 0 Å². The number of rotatable bonds is 6. The Balaban J connectivity index is 1.29. The summed E-state index contributed by atoms with van der Waals surface area (Å²) in [5, 5.41) is 1.11. The standard InChI is InChI=1S/C35H26Cl2N2O3S/c1-41-30-17-21(11-16-29(30)42-20-24-12-14-25(36)19-28(24)37)18-31-34(40)39-33(23-8-3-2-4-9-23)27-15-13-22-7-5-6-10-26(22)32(27)38-35(39)43-31/h2-12,14,16-19,33H,13,15,20H2,1H3/b31-18-/t33-/m0/s1. The van der Waals surface area contributed by atoms with Crippen molar-refractivity contribution in [2.75, 3.05) is 7.11 Å². The number of nitrogens with zero attached hydrogens (tertiary/aromatic N) is 2. The second-order valence-electron chi connectivity index (χ2n) is 10.5. The Bertz CT molecular complexity index is 2080. The molecule has 0 unspecified atom stereocenters. The van der Waals surface area contributed by atoms with Gasteiger partial charge in [-0.3, -0.25) is 9.36 Å². The first kappa shape index (κ1) is 27.7. The zero-order valence-corrected chi connectivity index (χ0v) is 25.5.